The number of likely N-dealkylation sites (N-methyl/N-ethyl adjacent to an activating group) is 1. The van der Waals surface area contributed by atoms with Crippen molar-refractivity contribution in [1.82, 2.24) is 0 Å². The predicted octanol–water partition coefficient (Wildman–Crippen LogP) is 24.1. The predicted molar refractivity (Wildman–Crippen MR) is 381 cm³/mol. The first-order valence-electron chi connectivity index (χ1n) is 36.6. The fourth-order valence-electron chi connectivity index (χ4n) is 10.2. The van der Waals surface area contributed by atoms with Crippen LogP contribution in [0.2, 0.25) is 0 Å². The van der Waals surface area contributed by atoms with Crippen molar-refractivity contribution in [2.24, 2.45) is 0 Å². The zero-order valence-corrected chi connectivity index (χ0v) is 58.8. The third-order valence-electron chi connectivity index (χ3n) is 15.8. The van der Waals surface area contributed by atoms with E-state index >= 15 is 0 Å². The molecule has 0 rings (SSSR count). The van der Waals surface area contributed by atoms with Gasteiger partial charge in [0.1, 0.15) is 19.8 Å². The molecule has 2 atom stereocenters. The van der Waals surface area contributed by atoms with Crippen molar-refractivity contribution >= 4 is 19.8 Å². The Balaban J connectivity index is 4.04. The molecule has 0 aromatic rings. The van der Waals surface area contributed by atoms with Crippen LogP contribution < -0.4 is 0 Å². The minimum absolute atomic E-state index is 0.0270. The summed E-state index contributed by atoms with van der Waals surface area (Å²) in [5, 5.41) is 0. The number of quaternary nitrogens is 1. The Hall–Kier alpha value is -3.33. The average molecular weight is 1250 g/mol. The van der Waals surface area contributed by atoms with Gasteiger partial charge in [-0.3, -0.25) is 18.6 Å². The van der Waals surface area contributed by atoms with Crippen LogP contribution in [0, 0.1) is 0 Å². The van der Waals surface area contributed by atoms with Crippen LogP contribution in [0.3, 0.4) is 0 Å². The van der Waals surface area contributed by atoms with E-state index in [1.165, 1.54) is 193 Å². The molecule has 88 heavy (non-hydrogen) atoms. The van der Waals surface area contributed by atoms with Crippen LogP contribution >= 0.6 is 7.82 Å². The molecule has 0 aliphatic heterocycles. The molecule has 0 fully saturated rings. The molecule has 9 nitrogen and oxygen atoms in total. The molecule has 508 valence electrons. The third-order valence-corrected chi connectivity index (χ3v) is 16.8. The van der Waals surface area contributed by atoms with Crippen LogP contribution in [0.25, 0.3) is 0 Å². The van der Waals surface area contributed by atoms with Gasteiger partial charge in [-0.05, 0) is 103 Å². The van der Waals surface area contributed by atoms with Crippen molar-refractivity contribution in [2.75, 3.05) is 47.5 Å². The lowest BCUT2D eigenvalue weighted by molar-refractivity contribution is -0.870. The largest absolute Gasteiger partial charge is 0.472 e. The van der Waals surface area contributed by atoms with E-state index in [1.54, 1.807) is 0 Å². The monoisotopic (exact) mass is 1250 g/mol. The van der Waals surface area contributed by atoms with Crippen molar-refractivity contribution in [3.8, 4) is 0 Å². The van der Waals surface area contributed by atoms with E-state index in [-0.39, 0.29) is 32.0 Å². The fourth-order valence-corrected chi connectivity index (χ4v) is 10.9. The molecule has 0 heterocycles. The molecule has 2 unspecified atom stereocenters. The SMILES string of the molecule is CC/C=C\C/C=C\C/C=C\C/C=C\C/C=C\C/C=C\C/C=C\CCCCCCCCCCCC(=O)OC(COC(=O)CCCCCCCCCCCCCCCCCCCCCCC/C=C\C/C=C\CCCCCCC)COP(=O)(O)OCC[N+](C)(C)C. The first-order valence-corrected chi connectivity index (χ1v) is 38.1. The number of esters is 2. The lowest BCUT2D eigenvalue weighted by atomic mass is 10.0. The van der Waals surface area contributed by atoms with Crippen LogP contribution in [0.4, 0.5) is 0 Å². The first kappa shape index (κ1) is 84.7. The zero-order valence-electron chi connectivity index (χ0n) is 57.9. The van der Waals surface area contributed by atoms with Crippen molar-refractivity contribution in [1.29, 1.82) is 0 Å². The van der Waals surface area contributed by atoms with E-state index in [0.29, 0.717) is 17.4 Å². The summed E-state index contributed by atoms with van der Waals surface area (Å²) in [5.74, 6) is -0.797. The Kier molecular flexibility index (Phi) is 65.5. The van der Waals surface area contributed by atoms with Crippen LogP contribution in [0.5, 0.6) is 0 Å². The van der Waals surface area contributed by atoms with Gasteiger partial charge in [0.25, 0.3) is 0 Å². The molecule has 10 heteroatoms. The Morgan fingerprint density at radius 2 is 0.648 bits per heavy atom. The number of phosphoric ester groups is 1. The van der Waals surface area contributed by atoms with Crippen molar-refractivity contribution < 1.29 is 42.1 Å². The van der Waals surface area contributed by atoms with Gasteiger partial charge in [0.05, 0.1) is 27.7 Å². The van der Waals surface area contributed by atoms with Crippen LogP contribution in [-0.2, 0) is 32.7 Å². The minimum atomic E-state index is -4.40. The van der Waals surface area contributed by atoms with Gasteiger partial charge in [-0.15, -0.1) is 0 Å². The van der Waals surface area contributed by atoms with E-state index in [4.69, 9.17) is 18.5 Å². The summed E-state index contributed by atoms with van der Waals surface area (Å²) in [6, 6.07) is 0. The number of carbonyl (C=O) groups is 2. The first-order chi connectivity index (χ1) is 43.0. The summed E-state index contributed by atoms with van der Waals surface area (Å²) >= 11 is 0. The molecule has 0 aliphatic carbocycles. The number of carbonyl (C=O) groups excluding carboxylic acids is 2. The Morgan fingerprint density at radius 1 is 0.364 bits per heavy atom. The second-order valence-corrected chi connectivity index (χ2v) is 27.0. The molecular formula is C78H139NO8P+. The number of hydrogen-bond acceptors (Lipinski definition) is 7. The number of ether oxygens (including phenoxy) is 2. The van der Waals surface area contributed by atoms with Gasteiger partial charge in [-0.25, -0.2) is 4.57 Å². The number of allylic oxidation sites excluding steroid dienone is 18. The summed E-state index contributed by atoms with van der Waals surface area (Å²) in [6.45, 7) is 4.33. The van der Waals surface area contributed by atoms with Gasteiger partial charge in [0, 0.05) is 12.8 Å². The molecular weight excluding hydrogens is 1110 g/mol. The van der Waals surface area contributed by atoms with E-state index in [9.17, 15) is 19.0 Å². The lowest BCUT2D eigenvalue weighted by Crippen LogP contribution is -2.37. The van der Waals surface area contributed by atoms with Crippen molar-refractivity contribution in [3.63, 3.8) is 0 Å². The number of hydrogen-bond donors (Lipinski definition) is 1. The topological polar surface area (TPSA) is 108 Å². The van der Waals surface area contributed by atoms with E-state index in [1.807, 2.05) is 21.1 Å². The summed E-state index contributed by atoms with van der Waals surface area (Å²) < 4.78 is 34.8. The molecule has 0 radical (unpaired) electrons. The third kappa shape index (κ3) is 71.7. The molecule has 0 aromatic carbocycles. The molecule has 1 N–H and O–H groups in total. The molecule has 0 aliphatic rings. The van der Waals surface area contributed by atoms with Gasteiger partial charge in [-0.1, -0.05) is 316 Å². The lowest BCUT2D eigenvalue weighted by Gasteiger charge is -2.24. The van der Waals surface area contributed by atoms with Crippen LogP contribution in [0.15, 0.2) is 109 Å². The van der Waals surface area contributed by atoms with Gasteiger partial charge >= 0.3 is 19.8 Å². The maximum absolute atomic E-state index is 12.9. The highest BCUT2D eigenvalue weighted by atomic mass is 31.2. The minimum Gasteiger partial charge on any atom is -0.462 e. The highest BCUT2D eigenvalue weighted by molar-refractivity contribution is 7.47. The van der Waals surface area contributed by atoms with E-state index in [0.717, 1.165) is 96.3 Å². The van der Waals surface area contributed by atoms with E-state index in [2.05, 4.69) is 123 Å². The van der Waals surface area contributed by atoms with Gasteiger partial charge in [0.2, 0.25) is 0 Å². The summed E-state index contributed by atoms with van der Waals surface area (Å²) in [4.78, 5) is 35.9. The van der Waals surface area contributed by atoms with Gasteiger partial charge < -0.3 is 18.9 Å². The van der Waals surface area contributed by atoms with Crippen molar-refractivity contribution in [3.05, 3.63) is 109 Å². The summed E-state index contributed by atoms with van der Waals surface area (Å²) in [5.41, 5.74) is 0. The molecule has 0 saturated heterocycles. The van der Waals surface area contributed by atoms with Gasteiger partial charge in [-0.2, -0.15) is 0 Å². The fraction of sp³-hybridized carbons (Fsp3) is 0.744. The summed E-state index contributed by atoms with van der Waals surface area (Å²) in [7, 11) is 1.47. The quantitative estimate of drug-likeness (QED) is 0.0211. The smallest absolute Gasteiger partial charge is 0.462 e. The molecule has 0 aromatic heterocycles. The van der Waals surface area contributed by atoms with Gasteiger partial charge in [0.15, 0.2) is 6.10 Å². The normalized spacial score (nSPS) is 13.8. The Labute approximate surface area is 544 Å². The second-order valence-electron chi connectivity index (χ2n) is 25.6. The molecule has 0 bridgehead atoms. The second kappa shape index (κ2) is 68.0. The molecule has 0 spiro atoms. The molecule has 0 amide bonds. The standard InChI is InChI=1S/C78H138NO8P/c1-6-8-10-12-14-16-18-20-22-24-26-28-30-32-34-36-38-39-41-42-44-46-48-50-52-54-56-58-60-62-64-66-68-70-77(80)84-74-76(75-86-88(82,83)85-73-72-79(3,4)5)87-78(81)71-69-67-65-63-61-59-57-55-53-51-49-47-45-43-40-37-35-33-31-29-27-25-23-21-19-17-15-13-11-9-7-2/h9,11,15,17-18,20-21,23-24,26-27,29,33,35,40,43,47,49,76H,6-8,10,12-14,16,19,22,25,28,30-32,34,36-39,41-42,44-46,48,50-75H2,1-5H3/p+1/b11-9-,17-15-,20-18-,23-21-,26-24-,29-27-,35-33-,43-40-,49-47-. The van der Waals surface area contributed by atoms with E-state index < -0.39 is 26.5 Å². The number of unbranched alkanes of at least 4 members (excludes halogenated alkanes) is 35. The average Bonchev–Trinajstić information content (AvgIpc) is 3.68. The summed E-state index contributed by atoms with van der Waals surface area (Å²) in [6.07, 6.45) is 96.3. The Bertz CT molecular complexity index is 1850. The maximum atomic E-state index is 12.9. The highest BCUT2D eigenvalue weighted by Crippen LogP contribution is 2.43. The molecule has 0 saturated carbocycles. The number of rotatable bonds is 67. The highest BCUT2D eigenvalue weighted by Gasteiger charge is 2.27. The number of phosphoric acid groups is 1. The Morgan fingerprint density at radius 3 is 0.966 bits per heavy atom. The van der Waals surface area contributed by atoms with Crippen LogP contribution in [-0.4, -0.2) is 74.9 Å². The number of nitrogens with zero attached hydrogens (tertiary/aromatic N) is 1. The van der Waals surface area contributed by atoms with Crippen molar-refractivity contribution in [2.45, 2.75) is 328 Å². The zero-order chi connectivity index (χ0) is 64.1. The van der Waals surface area contributed by atoms with Crippen LogP contribution in [0.1, 0.15) is 322 Å². The maximum Gasteiger partial charge on any atom is 0.472 e.